The molecule has 0 aromatic carbocycles. The lowest BCUT2D eigenvalue weighted by molar-refractivity contribution is -0.0241. The highest BCUT2D eigenvalue weighted by Gasteiger charge is 2.22. The van der Waals surface area contributed by atoms with Crippen LogP contribution in [0.2, 0.25) is 0 Å². The second-order valence-electron chi connectivity index (χ2n) is 6.71. The molecular formula is C16H22N4O4. The quantitative estimate of drug-likeness (QED) is 0.903. The van der Waals surface area contributed by atoms with E-state index in [1.165, 1.54) is 0 Å². The molecule has 0 saturated carbocycles. The Hall–Kier alpha value is -2.19. The van der Waals surface area contributed by atoms with Crippen LogP contribution in [0.5, 0.6) is 0 Å². The number of hydrogen-bond acceptors (Lipinski definition) is 6. The molecule has 0 radical (unpaired) electrons. The fraction of sp³-hybridized carbons (Fsp3) is 0.562. The molecule has 1 fully saturated rings. The number of hydrogen-bond donors (Lipinski definition) is 1. The van der Waals surface area contributed by atoms with Gasteiger partial charge in [-0.15, -0.1) is 0 Å². The maximum atomic E-state index is 12.3. The normalized spacial score (nSPS) is 18.0. The Labute approximate surface area is 140 Å². The van der Waals surface area contributed by atoms with Crippen LogP contribution in [-0.2, 0) is 16.1 Å². The lowest BCUT2D eigenvalue weighted by atomic mass is 10.2. The minimum absolute atomic E-state index is 0.142. The van der Waals surface area contributed by atoms with Crippen molar-refractivity contribution in [2.45, 2.75) is 45.4 Å². The van der Waals surface area contributed by atoms with Gasteiger partial charge in [0.2, 0.25) is 0 Å². The summed E-state index contributed by atoms with van der Waals surface area (Å²) >= 11 is 0. The molecule has 1 unspecified atom stereocenters. The van der Waals surface area contributed by atoms with Crippen LogP contribution in [0, 0.1) is 0 Å². The monoisotopic (exact) mass is 334 g/mol. The molecule has 1 saturated heterocycles. The molecule has 2 aromatic rings. The van der Waals surface area contributed by atoms with Crippen LogP contribution in [0.3, 0.4) is 0 Å². The molecule has 0 bridgehead atoms. The Kier molecular flexibility index (Phi) is 4.68. The summed E-state index contributed by atoms with van der Waals surface area (Å²) in [5.74, 6) is 0.778. The van der Waals surface area contributed by atoms with Gasteiger partial charge in [0.15, 0.2) is 11.5 Å². The van der Waals surface area contributed by atoms with Gasteiger partial charge in [-0.05, 0) is 27.2 Å². The summed E-state index contributed by atoms with van der Waals surface area (Å²) in [5, 5.41) is 10.9. The van der Waals surface area contributed by atoms with Gasteiger partial charge in [-0.25, -0.2) is 4.68 Å². The molecule has 1 aliphatic rings. The number of nitrogens with one attached hydrogen (secondary N) is 1. The van der Waals surface area contributed by atoms with E-state index in [0.717, 1.165) is 6.42 Å². The van der Waals surface area contributed by atoms with Gasteiger partial charge in [-0.1, -0.05) is 5.16 Å². The van der Waals surface area contributed by atoms with E-state index < -0.39 is 0 Å². The lowest BCUT2D eigenvalue weighted by Crippen LogP contribution is -2.19. The van der Waals surface area contributed by atoms with E-state index in [-0.39, 0.29) is 29.9 Å². The average Bonchev–Trinajstić information content (AvgIpc) is 3.25. The van der Waals surface area contributed by atoms with Crippen LogP contribution < -0.4 is 5.32 Å². The zero-order valence-electron chi connectivity index (χ0n) is 14.1. The number of anilines is 1. The third-order valence-corrected chi connectivity index (χ3v) is 3.60. The zero-order valence-corrected chi connectivity index (χ0v) is 14.1. The number of nitrogens with zero attached hydrogens (tertiary/aromatic N) is 3. The van der Waals surface area contributed by atoms with Gasteiger partial charge in [0.1, 0.15) is 12.4 Å². The van der Waals surface area contributed by atoms with Crippen molar-refractivity contribution in [3.63, 3.8) is 0 Å². The summed E-state index contributed by atoms with van der Waals surface area (Å²) < 4.78 is 17.9. The van der Waals surface area contributed by atoms with E-state index in [1.54, 1.807) is 23.0 Å². The SMILES string of the molecule is CC(C)(C)OCc1cc(C(=O)Nc2ccnn2C2CCOC2)no1. The number of ether oxygens (including phenoxy) is 2. The van der Waals surface area contributed by atoms with Gasteiger partial charge in [0.25, 0.3) is 5.91 Å². The van der Waals surface area contributed by atoms with Crippen LogP contribution in [0.25, 0.3) is 0 Å². The topological polar surface area (TPSA) is 91.4 Å². The van der Waals surface area contributed by atoms with E-state index in [0.29, 0.717) is 24.8 Å². The Morgan fingerprint density at radius 2 is 2.33 bits per heavy atom. The molecule has 3 rings (SSSR count). The van der Waals surface area contributed by atoms with Crippen molar-refractivity contribution in [3.8, 4) is 0 Å². The Morgan fingerprint density at radius 1 is 1.50 bits per heavy atom. The van der Waals surface area contributed by atoms with Gasteiger partial charge in [0, 0.05) is 18.7 Å². The van der Waals surface area contributed by atoms with Crippen molar-refractivity contribution in [1.29, 1.82) is 0 Å². The third kappa shape index (κ3) is 4.01. The molecule has 1 atom stereocenters. The van der Waals surface area contributed by atoms with Crippen molar-refractivity contribution in [3.05, 3.63) is 29.8 Å². The average molecular weight is 334 g/mol. The fourth-order valence-electron chi connectivity index (χ4n) is 2.38. The van der Waals surface area contributed by atoms with Gasteiger partial charge in [-0.3, -0.25) is 4.79 Å². The van der Waals surface area contributed by atoms with E-state index >= 15 is 0 Å². The van der Waals surface area contributed by atoms with E-state index in [4.69, 9.17) is 14.0 Å². The van der Waals surface area contributed by atoms with Crippen molar-refractivity contribution in [2.24, 2.45) is 0 Å². The minimum atomic E-state index is -0.346. The van der Waals surface area contributed by atoms with Crippen LogP contribution in [0.15, 0.2) is 22.9 Å². The number of aromatic nitrogens is 3. The van der Waals surface area contributed by atoms with Gasteiger partial charge < -0.3 is 19.3 Å². The number of carbonyl (C=O) groups is 1. The van der Waals surface area contributed by atoms with Gasteiger partial charge in [0.05, 0.1) is 24.4 Å². The summed E-state index contributed by atoms with van der Waals surface area (Å²) in [6.07, 6.45) is 2.53. The molecule has 3 heterocycles. The summed E-state index contributed by atoms with van der Waals surface area (Å²) in [6, 6.07) is 3.48. The zero-order chi connectivity index (χ0) is 17.2. The number of amides is 1. The summed E-state index contributed by atoms with van der Waals surface area (Å²) in [6.45, 7) is 7.42. The smallest absolute Gasteiger partial charge is 0.278 e. The van der Waals surface area contributed by atoms with Crippen molar-refractivity contribution < 1.29 is 18.8 Å². The molecule has 2 aromatic heterocycles. The van der Waals surface area contributed by atoms with E-state index in [2.05, 4.69) is 15.6 Å². The van der Waals surface area contributed by atoms with Crippen molar-refractivity contribution in [1.82, 2.24) is 14.9 Å². The highest BCUT2D eigenvalue weighted by atomic mass is 16.5. The molecule has 1 aliphatic heterocycles. The first-order chi connectivity index (χ1) is 11.4. The predicted octanol–water partition coefficient (Wildman–Crippen LogP) is 2.40. The second kappa shape index (κ2) is 6.74. The second-order valence-corrected chi connectivity index (χ2v) is 6.71. The standard InChI is InChI=1S/C16H22N4O4/c1-16(2,3)23-10-12-8-13(19-24-12)15(21)18-14-4-6-17-20(14)11-5-7-22-9-11/h4,6,8,11H,5,7,9-10H2,1-3H3,(H,18,21). The molecule has 1 amide bonds. The number of rotatable bonds is 5. The first kappa shape index (κ1) is 16.7. The predicted molar refractivity (Wildman–Crippen MR) is 85.7 cm³/mol. The largest absolute Gasteiger partial charge is 0.379 e. The maximum absolute atomic E-state index is 12.3. The summed E-state index contributed by atoms with van der Waals surface area (Å²) in [4.78, 5) is 12.3. The van der Waals surface area contributed by atoms with Crippen LogP contribution in [-0.4, -0.2) is 39.7 Å². The molecule has 0 spiro atoms. The highest BCUT2D eigenvalue weighted by Crippen LogP contribution is 2.22. The Bertz CT molecular complexity index is 695. The first-order valence-corrected chi connectivity index (χ1v) is 7.94. The van der Waals surface area contributed by atoms with Gasteiger partial charge in [-0.2, -0.15) is 5.10 Å². The first-order valence-electron chi connectivity index (χ1n) is 7.94. The van der Waals surface area contributed by atoms with Gasteiger partial charge >= 0.3 is 0 Å². The van der Waals surface area contributed by atoms with E-state index in [1.807, 2.05) is 20.8 Å². The molecule has 8 nitrogen and oxygen atoms in total. The third-order valence-electron chi connectivity index (χ3n) is 3.60. The number of carbonyl (C=O) groups excluding carboxylic acids is 1. The van der Waals surface area contributed by atoms with Crippen molar-refractivity contribution >= 4 is 11.7 Å². The van der Waals surface area contributed by atoms with Crippen LogP contribution in [0.1, 0.15) is 49.5 Å². The summed E-state index contributed by atoms with van der Waals surface area (Å²) in [7, 11) is 0. The van der Waals surface area contributed by atoms with Crippen LogP contribution in [0.4, 0.5) is 5.82 Å². The Morgan fingerprint density at radius 3 is 3.04 bits per heavy atom. The molecular weight excluding hydrogens is 312 g/mol. The van der Waals surface area contributed by atoms with E-state index in [9.17, 15) is 4.79 Å². The Balaban J connectivity index is 1.63. The lowest BCUT2D eigenvalue weighted by Gasteiger charge is -2.17. The molecule has 1 N–H and O–H groups in total. The molecule has 0 aliphatic carbocycles. The molecule has 8 heteroatoms. The fourth-order valence-corrected chi connectivity index (χ4v) is 2.38. The van der Waals surface area contributed by atoms with Crippen molar-refractivity contribution in [2.75, 3.05) is 18.5 Å². The summed E-state index contributed by atoms with van der Waals surface area (Å²) in [5.41, 5.74) is -0.0802. The molecule has 130 valence electrons. The minimum Gasteiger partial charge on any atom is -0.379 e. The van der Waals surface area contributed by atoms with Crippen LogP contribution >= 0.6 is 0 Å². The molecule has 24 heavy (non-hydrogen) atoms. The maximum Gasteiger partial charge on any atom is 0.278 e. The highest BCUT2D eigenvalue weighted by molar-refractivity contribution is 6.02.